The molecule has 0 heterocycles. The number of aliphatic hydroxyl groups is 1. The van der Waals surface area contributed by atoms with Gasteiger partial charge in [0.15, 0.2) is 0 Å². The van der Waals surface area contributed by atoms with E-state index in [4.69, 9.17) is 0 Å². The van der Waals surface area contributed by atoms with Gasteiger partial charge in [-0.05, 0) is 30.4 Å². The van der Waals surface area contributed by atoms with Crippen LogP contribution in [0.3, 0.4) is 0 Å². The Hall–Kier alpha value is -1.86. The summed E-state index contributed by atoms with van der Waals surface area (Å²) >= 11 is 0. The molecule has 0 aliphatic carbocycles. The van der Waals surface area contributed by atoms with Gasteiger partial charge < -0.3 is 5.11 Å². The fourth-order valence-electron chi connectivity index (χ4n) is 2.56. The Balaban J connectivity index is 2.04. The van der Waals surface area contributed by atoms with Crippen LogP contribution in [0.4, 0.5) is 0 Å². The number of hydrogen-bond acceptors (Lipinski definition) is 1. The Morgan fingerprint density at radius 1 is 0.952 bits per heavy atom. The van der Waals surface area contributed by atoms with Gasteiger partial charge in [0.2, 0.25) is 0 Å². The van der Waals surface area contributed by atoms with Crippen molar-refractivity contribution >= 4 is 0 Å². The van der Waals surface area contributed by atoms with Gasteiger partial charge in [-0.2, -0.15) is 0 Å². The molecule has 1 heteroatoms. The predicted molar refractivity (Wildman–Crippen MR) is 89.4 cm³/mol. The van der Waals surface area contributed by atoms with E-state index in [-0.39, 0.29) is 12.0 Å². The molecule has 2 aromatic carbocycles. The lowest BCUT2D eigenvalue weighted by Gasteiger charge is -2.20. The molecule has 0 aliphatic rings. The summed E-state index contributed by atoms with van der Waals surface area (Å²) in [6.07, 6.45) is 6.61. The zero-order chi connectivity index (χ0) is 14.9. The van der Waals surface area contributed by atoms with Crippen LogP contribution in [0.1, 0.15) is 36.8 Å². The maximum absolute atomic E-state index is 10.6. The average Bonchev–Trinajstić information content (AvgIpc) is 2.55. The maximum atomic E-state index is 10.6. The Morgan fingerprint density at radius 2 is 1.57 bits per heavy atom. The molecular formula is C20H24O. The lowest BCUT2D eigenvalue weighted by molar-refractivity contribution is 0.149. The number of benzene rings is 2. The van der Waals surface area contributed by atoms with Gasteiger partial charge in [0.1, 0.15) is 0 Å². The molecule has 0 spiro atoms. The second-order valence-electron chi connectivity index (χ2n) is 5.36. The van der Waals surface area contributed by atoms with Crippen molar-refractivity contribution in [3.8, 4) is 0 Å². The molecule has 1 nitrogen and oxygen atoms in total. The standard InChI is InChI=1S/C20H24O/c1-2-3-14-19(18-12-8-5-9-13-18)20(21)16-15-17-10-6-4-7-11-17/h3-14,19-21H,2,15-16H2,1H3/b14-3-/t19-,20-/m0/s1. The van der Waals surface area contributed by atoms with Gasteiger partial charge in [0.25, 0.3) is 0 Å². The molecule has 2 aromatic rings. The van der Waals surface area contributed by atoms with Crippen LogP contribution >= 0.6 is 0 Å². The fraction of sp³-hybridized carbons (Fsp3) is 0.300. The molecule has 21 heavy (non-hydrogen) atoms. The third kappa shape index (κ3) is 4.87. The van der Waals surface area contributed by atoms with Crippen molar-refractivity contribution in [2.45, 2.75) is 38.2 Å². The maximum Gasteiger partial charge on any atom is 0.0646 e. The van der Waals surface area contributed by atoms with Crippen LogP contribution in [-0.4, -0.2) is 11.2 Å². The second kappa shape index (κ2) is 8.43. The molecule has 0 aliphatic heterocycles. The van der Waals surface area contributed by atoms with Gasteiger partial charge >= 0.3 is 0 Å². The molecule has 0 saturated heterocycles. The van der Waals surface area contributed by atoms with Gasteiger partial charge in [-0.25, -0.2) is 0 Å². The van der Waals surface area contributed by atoms with Crippen molar-refractivity contribution in [1.29, 1.82) is 0 Å². The minimum absolute atomic E-state index is 0.0786. The molecule has 2 atom stereocenters. The van der Waals surface area contributed by atoms with Crippen LogP contribution in [0.25, 0.3) is 0 Å². The van der Waals surface area contributed by atoms with Crippen molar-refractivity contribution in [1.82, 2.24) is 0 Å². The van der Waals surface area contributed by atoms with E-state index in [1.165, 1.54) is 11.1 Å². The van der Waals surface area contributed by atoms with E-state index >= 15 is 0 Å². The zero-order valence-corrected chi connectivity index (χ0v) is 12.7. The molecule has 0 saturated carbocycles. The highest BCUT2D eigenvalue weighted by Crippen LogP contribution is 2.24. The molecule has 2 rings (SSSR count). The quantitative estimate of drug-likeness (QED) is 0.727. The Bertz CT molecular complexity index is 530. The molecule has 0 unspecified atom stereocenters. The second-order valence-corrected chi connectivity index (χ2v) is 5.36. The summed E-state index contributed by atoms with van der Waals surface area (Å²) in [4.78, 5) is 0. The summed E-state index contributed by atoms with van der Waals surface area (Å²) in [7, 11) is 0. The molecule has 0 aromatic heterocycles. The number of aliphatic hydroxyl groups excluding tert-OH is 1. The summed E-state index contributed by atoms with van der Waals surface area (Å²) in [5.41, 5.74) is 2.46. The SMILES string of the molecule is CC/C=C\[C@@H](c1ccccc1)[C@@H](O)CCc1ccccc1. The van der Waals surface area contributed by atoms with Crippen LogP contribution in [-0.2, 0) is 6.42 Å². The van der Waals surface area contributed by atoms with E-state index in [2.05, 4.69) is 43.3 Å². The van der Waals surface area contributed by atoms with Crippen LogP contribution in [0.5, 0.6) is 0 Å². The Labute approximate surface area is 128 Å². The highest BCUT2D eigenvalue weighted by molar-refractivity contribution is 5.25. The van der Waals surface area contributed by atoms with Crippen molar-refractivity contribution in [2.24, 2.45) is 0 Å². The van der Waals surface area contributed by atoms with Crippen molar-refractivity contribution in [2.75, 3.05) is 0 Å². The third-order valence-electron chi connectivity index (χ3n) is 3.75. The number of rotatable bonds is 7. The summed E-state index contributed by atoms with van der Waals surface area (Å²) in [5.74, 6) is 0.0786. The van der Waals surface area contributed by atoms with E-state index in [0.29, 0.717) is 0 Å². The smallest absolute Gasteiger partial charge is 0.0646 e. The monoisotopic (exact) mass is 280 g/mol. The van der Waals surface area contributed by atoms with Crippen LogP contribution in [0.15, 0.2) is 72.8 Å². The van der Waals surface area contributed by atoms with E-state index in [9.17, 15) is 5.11 Å². The lowest BCUT2D eigenvalue weighted by Crippen LogP contribution is -2.17. The van der Waals surface area contributed by atoms with Crippen molar-refractivity contribution in [3.05, 3.63) is 83.9 Å². The van der Waals surface area contributed by atoms with Crippen molar-refractivity contribution < 1.29 is 5.11 Å². The minimum Gasteiger partial charge on any atom is -0.392 e. The fourth-order valence-corrected chi connectivity index (χ4v) is 2.56. The first-order chi connectivity index (χ1) is 10.3. The van der Waals surface area contributed by atoms with Crippen molar-refractivity contribution in [3.63, 3.8) is 0 Å². The number of allylic oxidation sites excluding steroid dienone is 1. The molecule has 0 radical (unpaired) electrons. The van der Waals surface area contributed by atoms with E-state index < -0.39 is 0 Å². The average molecular weight is 280 g/mol. The summed E-state index contributed by atoms with van der Waals surface area (Å²) in [6.45, 7) is 2.12. The predicted octanol–water partition coefficient (Wildman–Crippen LogP) is 4.73. The topological polar surface area (TPSA) is 20.2 Å². The van der Waals surface area contributed by atoms with Gasteiger partial charge in [-0.3, -0.25) is 0 Å². The zero-order valence-electron chi connectivity index (χ0n) is 12.7. The number of hydrogen-bond donors (Lipinski definition) is 1. The van der Waals surface area contributed by atoms with Crippen LogP contribution in [0.2, 0.25) is 0 Å². The summed E-state index contributed by atoms with van der Waals surface area (Å²) in [6, 6.07) is 20.6. The van der Waals surface area contributed by atoms with E-state index in [1.807, 2.05) is 36.4 Å². The van der Waals surface area contributed by atoms with Gasteiger partial charge in [-0.15, -0.1) is 0 Å². The largest absolute Gasteiger partial charge is 0.392 e. The molecule has 0 fully saturated rings. The highest BCUT2D eigenvalue weighted by atomic mass is 16.3. The third-order valence-corrected chi connectivity index (χ3v) is 3.75. The molecule has 110 valence electrons. The molecule has 0 bridgehead atoms. The Morgan fingerprint density at radius 3 is 2.19 bits per heavy atom. The highest BCUT2D eigenvalue weighted by Gasteiger charge is 2.18. The van der Waals surface area contributed by atoms with Crippen LogP contribution in [0, 0.1) is 0 Å². The van der Waals surface area contributed by atoms with Gasteiger partial charge in [-0.1, -0.05) is 79.7 Å². The molecule has 1 N–H and O–H groups in total. The summed E-state index contributed by atoms with van der Waals surface area (Å²) in [5, 5.41) is 10.6. The number of aryl methyl sites for hydroxylation is 1. The minimum atomic E-state index is -0.351. The first-order valence-electron chi connectivity index (χ1n) is 7.75. The normalized spacial score (nSPS) is 14.2. The summed E-state index contributed by atoms with van der Waals surface area (Å²) < 4.78 is 0. The molecule has 0 amide bonds. The van der Waals surface area contributed by atoms with E-state index in [0.717, 1.165) is 19.3 Å². The first kappa shape index (κ1) is 15.5. The van der Waals surface area contributed by atoms with Crippen LogP contribution < -0.4 is 0 Å². The Kier molecular flexibility index (Phi) is 6.23. The van der Waals surface area contributed by atoms with Gasteiger partial charge in [0, 0.05) is 5.92 Å². The molecular weight excluding hydrogens is 256 g/mol. The lowest BCUT2D eigenvalue weighted by atomic mass is 9.89. The van der Waals surface area contributed by atoms with Gasteiger partial charge in [0.05, 0.1) is 6.10 Å². The van der Waals surface area contributed by atoms with E-state index in [1.54, 1.807) is 0 Å². The first-order valence-corrected chi connectivity index (χ1v) is 7.75.